The first-order chi connectivity index (χ1) is 15.1. The molecule has 3 heterocycles. The number of aryl methyl sites for hydroxylation is 1. The summed E-state index contributed by atoms with van der Waals surface area (Å²) in [5, 5.41) is 12.6. The molecule has 0 saturated carbocycles. The summed E-state index contributed by atoms with van der Waals surface area (Å²) in [5.74, 6) is -0.789. The van der Waals surface area contributed by atoms with E-state index in [4.69, 9.17) is 0 Å². The van der Waals surface area contributed by atoms with Crippen LogP contribution in [-0.4, -0.2) is 33.8 Å². The molecule has 0 saturated heterocycles. The molecule has 158 valence electrons. The van der Waals surface area contributed by atoms with Crippen LogP contribution in [-0.2, 0) is 6.42 Å². The fourth-order valence-corrected chi connectivity index (χ4v) is 4.74. The van der Waals surface area contributed by atoms with Gasteiger partial charge in [-0.25, -0.2) is 0 Å². The largest absolute Gasteiger partial charge is 0.502 e. The van der Waals surface area contributed by atoms with Crippen LogP contribution in [0.1, 0.15) is 52.5 Å². The Morgan fingerprint density at radius 2 is 1.65 bits per heavy atom. The van der Waals surface area contributed by atoms with E-state index in [2.05, 4.69) is 35.3 Å². The molecule has 2 aromatic carbocycles. The zero-order valence-corrected chi connectivity index (χ0v) is 17.3. The van der Waals surface area contributed by atoms with Crippen molar-refractivity contribution in [3.05, 3.63) is 99.5 Å². The third kappa shape index (κ3) is 3.38. The van der Waals surface area contributed by atoms with Crippen LogP contribution in [0, 0.1) is 0 Å². The molecule has 31 heavy (non-hydrogen) atoms. The second-order valence-electron chi connectivity index (χ2n) is 8.19. The molecule has 1 aromatic heterocycles. The number of hydrogen-bond donors (Lipinski definition) is 1. The lowest BCUT2D eigenvalue weighted by Crippen LogP contribution is -2.55. The molecule has 6 nitrogen and oxygen atoms in total. The van der Waals surface area contributed by atoms with Crippen molar-refractivity contribution in [2.75, 3.05) is 18.2 Å². The van der Waals surface area contributed by atoms with E-state index >= 15 is 0 Å². The molecule has 5 rings (SSSR count). The third-order valence-corrected chi connectivity index (χ3v) is 6.27. The van der Waals surface area contributed by atoms with Crippen LogP contribution in [0.4, 0.5) is 0 Å². The van der Waals surface area contributed by atoms with Gasteiger partial charge in [0.2, 0.25) is 5.43 Å². The Kier molecular flexibility index (Phi) is 4.98. The van der Waals surface area contributed by atoms with E-state index in [0.717, 1.165) is 31.2 Å². The monoisotopic (exact) mass is 415 g/mol. The molecule has 2 aliphatic heterocycles. The molecule has 1 atom stereocenters. The van der Waals surface area contributed by atoms with Crippen LogP contribution in [0.25, 0.3) is 0 Å². The summed E-state index contributed by atoms with van der Waals surface area (Å²) >= 11 is 0. The highest BCUT2D eigenvalue weighted by atomic mass is 16.3. The van der Waals surface area contributed by atoms with E-state index in [1.807, 2.05) is 24.3 Å². The topological polar surface area (TPSA) is 65.8 Å². The first-order valence-corrected chi connectivity index (χ1v) is 10.8. The van der Waals surface area contributed by atoms with Crippen molar-refractivity contribution in [3.8, 4) is 5.75 Å². The van der Waals surface area contributed by atoms with Gasteiger partial charge in [-0.2, -0.15) is 0 Å². The number of rotatable bonds is 1. The summed E-state index contributed by atoms with van der Waals surface area (Å²) in [7, 11) is 0. The normalized spacial score (nSPS) is 18.7. The first kappa shape index (κ1) is 19.4. The number of nitrogens with zero attached hydrogens (tertiary/aromatic N) is 3. The van der Waals surface area contributed by atoms with Gasteiger partial charge in [-0.05, 0) is 36.0 Å². The van der Waals surface area contributed by atoms with Gasteiger partial charge in [-0.1, -0.05) is 61.0 Å². The zero-order chi connectivity index (χ0) is 21.4. The average Bonchev–Trinajstić information content (AvgIpc) is 2.82. The maximum absolute atomic E-state index is 13.2. The Morgan fingerprint density at radius 3 is 2.48 bits per heavy atom. The van der Waals surface area contributed by atoms with E-state index in [9.17, 15) is 14.7 Å². The van der Waals surface area contributed by atoms with Gasteiger partial charge in [0.1, 0.15) is 6.67 Å². The van der Waals surface area contributed by atoms with Crippen LogP contribution < -0.4 is 10.4 Å². The van der Waals surface area contributed by atoms with Crippen LogP contribution in [0.2, 0.25) is 0 Å². The standard InChI is InChI=1S/C25H25N3O3/c29-21-14-16-27-23(24(21)30)25(31)26-15-8-2-5-9-18-10-6-7-13-20(18)22(28(27)17-26)19-11-3-1-4-12-19/h1,3-4,6-7,10-14,16,22,30H,2,5,8-9,15,17H2/t22-/m1/s1. The van der Waals surface area contributed by atoms with Crippen molar-refractivity contribution in [1.82, 2.24) is 9.58 Å². The number of benzene rings is 2. The summed E-state index contributed by atoms with van der Waals surface area (Å²) in [4.78, 5) is 27.2. The number of hydrogen-bond acceptors (Lipinski definition) is 4. The molecular formula is C25H25N3O3. The highest BCUT2D eigenvalue weighted by Crippen LogP contribution is 2.34. The quantitative estimate of drug-likeness (QED) is 0.661. The molecule has 0 fully saturated rings. The SMILES string of the molecule is O=C1c2c(O)c(=O)ccn2N2CN1CCCCCc1ccccc1[C@H]2c1ccccc1. The van der Waals surface area contributed by atoms with Crippen LogP contribution in [0.15, 0.2) is 71.7 Å². The second-order valence-corrected chi connectivity index (χ2v) is 8.19. The van der Waals surface area contributed by atoms with Gasteiger partial charge < -0.3 is 10.0 Å². The highest BCUT2D eigenvalue weighted by molar-refractivity contribution is 5.96. The molecule has 3 aromatic rings. The Labute approximate surface area is 180 Å². The minimum Gasteiger partial charge on any atom is -0.502 e. The third-order valence-electron chi connectivity index (χ3n) is 6.27. The van der Waals surface area contributed by atoms with Gasteiger partial charge in [-0.15, -0.1) is 0 Å². The van der Waals surface area contributed by atoms with E-state index in [0.29, 0.717) is 13.2 Å². The lowest BCUT2D eigenvalue weighted by molar-refractivity contribution is 0.0677. The van der Waals surface area contributed by atoms with Gasteiger partial charge in [0, 0.05) is 18.8 Å². The molecule has 2 bridgehead atoms. The molecule has 6 heteroatoms. The van der Waals surface area contributed by atoms with E-state index < -0.39 is 11.2 Å². The van der Waals surface area contributed by atoms with Crippen LogP contribution >= 0.6 is 0 Å². The van der Waals surface area contributed by atoms with Gasteiger partial charge in [0.05, 0.1) is 6.04 Å². The lowest BCUT2D eigenvalue weighted by Gasteiger charge is -2.44. The summed E-state index contributed by atoms with van der Waals surface area (Å²) in [6.45, 7) is 0.970. The van der Waals surface area contributed by atoms with Gasteiger partial charge in [0.15, 0.2) is 11.4 Å². The van der Waals surface area contributed by atoms with E-state index in [-0.39, 0.29) is 17.6 Å². The predicted octanol–water partition coefficient (Wildman–Crippen LogP) is 3.42. The van der Waals surface area contributed by atoms with Crippen molar-refractivity contribution in [3.63, 3.8) is 0 Å². The first-order valence-electron chi connectivity index (χ1n) is 10.8. The van der Waals surface area contributed by atoms with Crippen molar-refractivity contribution >= 4 is 5.91 Å². The molecule has 0 radical (unpaired) electrons. The van der Waals surface area contributed by atoms with Gasteiger partial charge in [0.25, 0.3) is 5.91 Å². The molecule has 0 spiro atoms. The maximum atomic E-state index is 13.2. The highest BCUT2D eigenvalue weighted by Gasteiger charge is 2.36. The van der Waals surface area contributed by atoms with Crippen molar-refractivity contribution in [2.45, 2.75) is 31.7 Å². The van der Waals surface area contributed by atoms with E-state index in [1.165, 1.54) is 17.2 Å². The minimum absolute atomic E-state index is 0.0383. The molecule has 2 aliphatic rings. The average molecular weight is 415 g/mol. The number of carbonyl (C=O) groups excluding carboxylic acids is 1. The lowest BCUT2D eigenvalue weighted by atomic mass is 9.91. The fourth-order valence-electron chi connectivity index (χ4n) is 4.74. The predicted molar refractivity (Wildman–Crippen MR) is 119 cm³/mol. The van der Waals surface area contributed by atoms with Crippen LogP contribution in [0.5, 0.6) is 5.75 Å². The van der Waals surface area contributed by atoms with Crippen molar-refractivity contribution in [2.24, 2.45) is 0 Å². The van der Waals surface area contributed by atoms with Crippen molar-refractivity contribution in [1.29, 1.82) is 0 Å². The summed E-state index contributed by atoms with van der Waals surface area (Å²) < 4.78 is 1.67. The number of aromatic nitrogens is 1. The number of pyridine rings is 1. The van der Waals surface area contributed by atoms with Gasteiger partial charge >= 0.3 is 0 Å². The number of carbonyl (C=O) groups is 1. The Morgan fingerprint density at radius 1 is 0.871 bits per heavy atom. The molecular weight excluding hydrogens is 390 g/mol. The van der Waals surface area contributed by atoms with E-state index in [1.54, 1.807) is 15.8 Å². The number of fused-ring (bicyclic) bond motifs is 5. The maximum Gasteiger partial charge on any atom is 0.277 e. The minimum atomic E-state index is -0.539. The second kappa shape index (κ2) is 7.95. The summed E-state index contributed by atoms with van der Waals surface area (Å²) in [6.07, 6.45) is 5.53. The molecule has 0 aliphatic carbocycles. The van der Waals surface area contributed by atoms with Gasteiger partial charge in [-0.3, -0.25) is 19.3 Å². The fraction of sp³-hybridized carbons (Fsp3) is 0.280. The summed E-state index contributed by atoms with van der Waals surface area (Å²) in [6, 6.07) is 19.8. The Hall–Kier alpha value is -3.54. The Balaban J connectivity index is 1.78. The molecule has 1 amide bonds. The van der Waals surface area contributed by atoms with Crippen LogP contribution in [0.3, 0.4) is 0 Å². The number of amides is 1. The Bertz CT molecular complexity index is 1170. The number of aromatic hydroxyl groups is 1. The molecule has 1 N–H and O–H groups in total. The summed E-state index contributed by atoms with van der Waals surface area (Å²) in [5.41, 5.74) is 3.05. The van der Waals surface area contributed by atoms with Crippen molar-refractivity contribution < 1.29 is 9.90 Å². The molecule has 0 unspecified atom stereocenters. The smallest absolute Gasteiger partial charge is 0.277 e. The zero-order valence-electron chi connectivity index (χ0n) is 17.3.